The van der Waals surface area contributed by atoms with Gasteiger partial charge in [-0.25, -0.2) is 4.79 Å². The third-order valence-electron chi connectivity index (χ3n) is 9.75. The van der Waals surface area contributed by atoms with Crippen LogP contribution in [0.4, 0.5) is 13.2 Å². The molecule has 0 saturated carbocycles. The van der Waals surface area contributed by atoms with Crippen molar-refractivity contribution in [3.8, 4) is 5.75 Å². The van der Waals surface area contributed by atoms with Crippen molar-refractivity contribution in [1.29, 1.82) is 0 Å². The second-order valence-electron chi connectivity index (χ2n) is 14.9. The van der Waals surface area contributed by atoms with Crippen molar-refractivity contribution < 1.29 is 71.3 Å². The lowest BCUT2D eigenvalue weighted by molar-refractivity contribution is -0.192. The molecule has 0 radical (unpaired) electrons. The summed E-state index contributed by atoms with van der Waals surface area (Å²) >= 11 is 0. The first kappa shape index (κ1) is 53.8. The van der Waals surface area contributed by atoms with Crippen LogP contribution in [0.5, 0.6) is 5.75 Å². The van der Waals surface area contributed by atoms with Crippen molar-refractivity contribution >= 4 is 80.7 Å². The van der Waals surface area contributed by atoms with Crippen LogP contribution in [0.2, 0.25) is 0 Å². The zero-order valence-electron chi connectivity index (χ0n) is 35.0. The summed E-state index contributed by atoms with van der Waals surface area (Å²) in [4.78, 5) is 129. The molecule has 26 heteroatoms. The summed E-state index contributed by atoms with van der Waals surface area (Å²) in [6.07, 6.45) is -5.97. The highest BCUT2D eigenvalue weighted by Gasteiger charge is 2.40. The van der Waals surface area contributed by atoms with Crippen molar-refractivity contribution in [2.45, 2.75) is 93.8 Å². The van der Waals surface area contributed by atoms with Gasteiger partial charge in [-0.2, -0.15) is 13.2 Å². The predicted octanol–water partition coefficient (Wildman–Crippen LogP) is -1.36. The fourth-order valence-electron chi connectivity index (χ4n) is 6.47. The third-order valence-corrected chi connectivity index (χ3v) is 12.2. The van der Waals surface area contributed by atoms with E-state index in [1.165, 1.54) is 27.8 Å². The number of carbonyl (C=O) groups is 10. The van der Waals surface area contributed by atoms with Gasteiger partial charge in [0, 0.05) is 43.7 Å². The largest absolute Gasteiger partial charge is 0.508 e. The number of carbonyl (C=O) groups excluding carboxylic acids is 9. The number of benzene rings is 2. The Morgan fingerprint density at radius 2 is 1.24 bits per heavy atom. The zero-order chi connectivity index (χ0) is 49.1. The topological polar surface area (TPSA) is 353 Å². The summed E-state index contributed by atoms with van der Waals surface area (Å²) in [7, 11) is 2.32. The Labute approximate surface area is 383 Å². The predicted molar refractivity (Wildman–Crippen MR) is 231 cm³/mol. The van der Waals surface area contributed by atoms with Gasteiger partial charge in [-0.1, -0.05) is 64.1 Å². The molecular weight excluding hydrogens is 920 g/mol. The number of hydrogen-bond donors (Lipinski definition) is 10. The number of phenols is 1. The molecule has 4 rings (SSSR count). The fraction of sp³-hybridized carbons (Fsp3) is 0.450. The van der Waals surface area contributed by atoms with Crippen molar-refractivity contribution in [2.24, 2.45) is 17.2 Å². The lowest BCUT2D eigenvalue weighted by Crippen LogP contribution is -2.60. The number of amides is 9. The molecule has 2 fully saturated rings. The van der Waals surface area contributed by atoms with E-state index >= 15 is 0 Å². The van der Waals surface area contributed by atoms with Crippen LogP contribution in [-0.4, -0.2) is 135 Å². The first-order valence-electron chi connectivity index (χ1n) is 20.1. The standard InChI is InChI=1S/C38H49N9O10S2.C2HF3O2/c39-30(49)13-12-24-34(53)45-27(19-31(40)50)37(56)46-28(38(57)47-15-4-7-29(47)33(41)52)20-59-58-16-14-32(51)42-25(18-22-8-10-23(48)11-9-22)35(54)44-26(36(55)43-24)17-21-5-2-1-3-6-21;3-2(4,5)1(6)7/h1-3,5-6,8-11,24-29,48H,4,7,12-20H2,(H2,39,49)(H2,40,50)(H2,41,52)(H,42,51)(H,43,55)(H,44,54)(H,45,53)(H,46,56);(H,6,7)/t24-,25-,26-,27-,28-,29-;/m0./s1. The molecule has 21 nitrogen and oxygen atoms in total. The first-order chi connectivity index (χ1) is 31.0. The van der Waals surface area contributed by atoms with Crippen LogP contribution in [0.1, 0.15) is 49.7 Å². The second-order valence-corrected chi connectivity index (χ2v) is 17.5. The molecule has 0 aromatic heterocycles. The van der Waals surface area contributed by atoms with E-state index in [0.29, 0.717) is 24.0 Å². The van der Waals surface area contributed by atoms with Crippen molar-refractivity contribution in [1.82, 2.24) is 31.5 Å². The number of halogens is 3. The maximum atomic E-state index is 14.1. The van der Waals surface area contributed by atoms with Crippen LogP contribution in [0.15, 0.2) is 54.6 Å². The molecule has 2 aromatic carbocycles. The minimum Gasteiger partial charge on any atom is -0.508 e. The maximum absolute atomic E-state index is 14.1. The van der Waals surface area contributed by atoms with E-state index in [2.05, 4.69) is 26.6 Å². The van der Waals surface area contributed by atoms with Gasteiger partial charge in [-0.3, -0.25) is 43.2 Å². The number of nitrogens with one attached hydrogen (secondary N) is 5. The van der Waals surface area contributed by atoms with Crippen LogP contribution in [0.25, 0.3) is 0 Å². The molecule has 2 saturated heterocycles. The number of alkyl halides is 3. The Morgan fingerprint density at radius 3 is 1.80 bits per heavy atom. The Balaban J connectivity index is 0.00000152. The van der Waals surface area contributed by atoms with Crippen LogP contribution < -0.4 is 43.8 Å². The molecule has 360 valence electrons. The fourth-order valence-corrected chi connectivity index (χ4v) is 8.61. The molecule has 2 aliphatic rings. The second kappa shape index (κ2) is 25.8. The Hall–Kier alpha value is -6.57. The van der Waals surface area contributed by atoms with E-state index in [0.717, 1.165) is 10.8 Å². The van der Waals surface area contributed by atoms with Gasteiger partial charge in [0.25, 0.3) is 0 Å². The number of nitrogens with zero attached hydrogens (tertiary/aromatic N) is 1. The van der Waals surface area contributed by atoms with Gasteiger partial charge in [0.05, 0.1) is 6.42 Å². The van der Waals surface area contributed by atoms with E-state index in [1.807, 2.05) is 0 Å². The Morgan fingerprint density at radius 1 is 0.712 bits per heavy atom. The average Bonchev–Trinajstić information content (AvgIpc) is 3.75. The summed E-state index contributed by atoms with van der Waals surface area (Å²) in [5.74, 6) is -9.98. The smallest absolute Gasteiger partial charge is 0.490 e. The number of hydrogen-bond acceptors (Lipinski definition) is 13. The van der Waals surface area contributed by atoms with E-state index < -0.39 is 114 Å². The Bertz CT molecular complexity index is 2090. The van der Waals surface area contributed by atoms with E-state index in [1.54, 1.807) is 42.5 Å². The van der Waals surface area contributed by atoms with Gasteiger partial charge in [-0.05, 0) is 42.5 Å². The van der Waals surface area contributed by atoms with Crippen LogP contribution in [0.3, 0.4) is 0 Å². The van der Waals surface area contributed by atoms with Crippen LogP contribution in [-0.2, 0) is 60.8 Å². The summed E-state index contributed by atoms with van der Waals surface area (Å²) in [5, 5.41) is 29.9. The number of phenolic OH excluding ortho intramolecular Hbond substituents is 1. The minimum absolute atomic E-state index is 0.0138. The number of rotatable bonds is 11. The molecule has 66 heavy (non-hydrogen) atoms. The molecule has 2 heterocycles. The van der Waals surface area contributed by atoms with Crippen molar-refractivity contribution in [3.63, 3.8) is 0 Å². The van der Waals surface area contributed by atoms with Gasteiger partial charge in [0.2, 0.25) is 53.2 Å². The number of nitrogens with two attached hydrogens (primary N) is 3. The van der Waals surface area contributed by atoms with E-state index in [-0.39, 0.29) is 49.5 Å². The van der Waals surface area contributed by atoms with Gasteiger partial charge in [-0.15, -0.1) is 0 Å². The molecule has 0 bridgehead atoms. The molecule has 0 aliphatic carbocycles. The van der Waals surface area contributed by atoms with Crippen LogP contribution >= 0.6 is 21.6 Å². The van der Waals surface area contributed by atoms with E-state index in [4.69, 9.17) is 27.1 Å². The van der Waals surface area contributed by atoms with Gasteiger partial charge in [0.1, 0.15) is 42.0 Å². The molecule has 0 spiro atoms. The van der Waals surface area contributed by atoms with Gasteiger partial charge >= 0.3 is 12.1 Å². The number of primary amides is 3. The number of carboxylic acids is 1. The first-order valence-corrected chi connectivity index (χ1v) is 22.6. The maximum Gasteiger partial charge on any atom is 0.490 e. The zero-order valence-corrected chi connectivity index (χ0v) is 36.7. The highest BCUT2D eigenvalue weighted by Crippen LogP contribution is 2.26. The molecule has 2 aliphatic heterocycles. The highest BCUT2D eigenvalue weighted by atomic mass is 33.1. The molecule has 9 amide bonds. The van der Waals surface area contributed by atoms with Crippen molar-refractivity contribution in [3.05, 3.63) is 65.7 Å². The quantitative estimate of drug-likeness (QED) is 0.116. The number of carboxylic acid groups (broad SMARTS) is 1. The minimum atomic E-state index is -5.08. The molecule has 2 aromatic rings. The number of aliphatic carboxylic acids is 1. The van der Waals surface area contributed by atoms with Crippen molar-refractivity contribution in [2.75, 3.05) is 18.1 Å². The Kier molecular flexibility index (Phi) is 21.0. The highest BCUT2D eigenvalue weighted by molar-refractivity contribution is 8.76. The van der Waals surface area contributed by atoms with Gasteiger partial charge in [0.15, 0.2) is 0 Å². The lowest BCUT2D eigenvalue weighted by Gasteiger charge is -2.29. The molecule has 6 atom stereocenters. The van der Waals surface area contributed by atoms with Crippen LogP contribution in [0, 0.1) is 0 Å². The molecule has 0 unspecified atom stereocenters. The molecule has 13 N–H and O–H groups in total. The van der Waals surface area contributed by atoms with E-state index in [9.17, 15) is 61.4 Å². The number of aromatic hydroxyl groups is 1. The monoisotopic (exact) mass is 969 g/mol. The SMILES string of the molecule is NC(=O)CC[C@@H]1NC(=O)[C@H](Cc2ccccc2)NC(=O)[C@H](Cc2ccc(O)cc2)NC(=O)CCSSC[C@@H](C(=O)N2CCC[C@H]2C(N)=O)NC(=O)[C@H](CC(N)=O)NC1=O.O=C(O)C(F)(F)F. The summed E-state index contributed by atoms with van der Waals surface area (Å²) in [5.41, 5.74) is 17.6. The lowest BCUT2D eigenvalue weighted by atomic mass is 10.0. The summed E-state index contributed by atoms with van der Waals surface area (Å²) < 4.78 is 31.7. The third kappa shape index (κ3) is 18.1. The average molecular weight is 970 g/mol. The normalized spacial score (nSPS) is 22.7. The van der Waals surface area contributed by atoms with Gasteiger partial charge < -0.3 is 58.9 Å². The molecular formula is C40H50F3N9O12S2. The summed E-state index contributed by atoms with van der Waals surface area (Å²) in [6, 6.07) is 6.61. The number of likely N-dealkylation sites (tertiary alicyclic amines) is 1. The summed E-state index contributed by atoms with van der Waals surface area (Å²) in [6.45, 7) is 0.184.